The molecule has 0 aliphatic rings. The highest BCUT2D eigenvalue weighted by atomic mass is 16.6. The first-order valence-electron chi connectivity index (χ1n) is 3.33. The average Bonchev–Trinajstić information content (AvgIpc) is 1.79. The summed E-state index contributed by atoms with van der Waals surface area (Å²) < 4.78 is 4.90. The van der Waals surface area contributed by atoms with E-state index in [0.29, 0.717) is 0 Å². The van der Waals surface area contributed by atoms with E-state index < -0.39 is 11.6 Å². The molecule has 0 unspecified atom stereocenters. The Labute approximate surface area is 66.8 Å². The predicted molar refractivity (Wildman–Crippen MR) is 44.5 cm³/mol. The molecular formula is C8H13NO2. The van der Waals surface area contributed by atoms with Crippen LogP contribution in [0, 0.1) is 0 Å². The van der Waals surface area contributed by atoms with Gasteiger partial charge in [0.25, 0.3) is 0 Å². The fourth-order valence-corrected chi connectivity index (χ4v) is 0.442. The van der Waals surface area contributed by atoms with Crippen LogP contribution in [-0.2, 0) is 9.53 Å². The highest BCUT2D eigenvalue weighted by Gasteiger charge is 2.13. The minimum atomic E-state index is -0.454. The second kappa shape index (κ2) is 3.91. The predicted octanol–water partition coefficient (Wildman–Crippen LogP) is 1.54. The van der Waals surface area contributed by atoms with Crippen molar-refractivity contribution in [2.75, 3.05) is 0 Å². The molecule has 0 spiro atoms. The number of rotatable bonds is 2. The van der Waals surface area contributed by atoms with E-state index in [4.69, 9.17) is 4.74 Å². The van der Waals surface area contributed by atoms with E-state index in [0.717, 1.165) is 6.21 Å². The number of hydrogen-bond donors (Lipinski definition) is 0. The number of carbonyl (C=O) groups is 1. The Kier molecular flexibility index (Phi) is 3.51. The zero-order valence-corrected chi connectivity index (χ0v) is 7.13. The van der Waals surface area contributed by atoms with Crippen LogP contribution in [0.3, 0.4) is 0 Å². The fourth-order valence-electron chi connectivity index (χ4n) is 0.442. The van der Waals surface area contributed by atoms with Crippen LogP contribution in [0.25, 0.3) is 0 Å². The number of carbonyl (C=O) groups excluding carboxylic acids is 1. The molecule has 0 aromatic carbocycles. The smallest absolute Gasteiger partial charge is 0.349 e. The Balaban J connectivity index is 3.89. The van der Waals surface area contributed by atoms with Gasteiger partial charge in [-0.15, -0.1) is 0 Å². The van der Waals surface area contributed by atoms with E-state index in [2.05, 4.69) is 11.6 Å². The molecule has 3 heteroatoms. The van der Waals surface area contributed by atoms with Crippen LogP contribution < -0.4 is 0 Å². The van der Waals surface area contributed by atoms with Crippen LogP contribution in [-0.4, -0.2) is 17.8 Å². The third-order valence-corrected chi connectivity index (χ3v) is 0.692. The first kappa shape index (κ1) is 9.88. The summed E-state index contributed by atoms with van der Waals surface area (Å²) in [4.78, 5) is 14.3. The van der Waals surface area contributed by atoms with Gasteiger partial charge in [-0.2, -0.15) is 0 Å². The van der Waals surface area contributed by atoms with Crippen molar-refractivity contribution in [3.63, 3.8) is 0 Å². The van der Waals surface area contributed by atoms with Gasteiger partial charge in [0.05, 0.1) is 0 Å². The lowest BCUT2D eigenvalue weighted by atomic mass is 10.2. The van der Waals surface area contributed by atoms with Crippen molar-refractivity contribution in [3.05, 3.63) is 12.8 Å². The van der Waals surface area contributed by atoms with Crippen LogP contribution in [0.4, 0.5) is 0 Å². The molecular weight excluding hydrogens is 142 g/mol. The lowest BCUT2D eigenvalue weighted by Gasteiger charge is -2.17. The maximum absolute atomic E-state index is 10.8. The van der Waals surface area contributed by atoms with Gasteiger partial charge < -0.3 is 4.74 Å². The van der Waals surface area contributed by atoms with E-state index in [1.165, 1.54) is 6.20 Å². The van der Waals surface area contributed by atoms with Crippen LogP contribution in [0.5, 0.6) is 0 Å². The van der Waals surface area contributed by atoms with Crippen molar-refractivity contribution in [3.8, 4) is 0 Å². The molecule has 0 heterocycles. The lowest BCUT2D eigenvalue weighted by molar-refractivity contribution is -0.145. The van der Waals surface area contributed by atoms with Gasteiger partial charge in [0.1, 0.15) is 11.8 Å². The van der Waals surface area contributed by atoms with Gasteiger partial charge in [-0.05, 0) is 20.8 Å². The van der Waals surface area contributed by atoms with Gasteiger partial charge >= 0.3 is 5.97 Å². The molecule has 0 aliphatic heterocycles. The molecule has 0 saturated heterocycles. The third-order valence-electron chi connectivity index (χ3n) is 0.692. The van der Waals surface area contributed by atoms with Crippen molar-refractivity contribution in [1.29, 1.82) is 0 Å². The molecule has 0 amide bonds. The molecule has 0 radical (unpaired) electrons. The molecule has 11 heavy (non-hydrogen) atoms. The zero-order valence-electron chi connectivity index (χ0n) is 7.13. The summed E-state index contributed by atoms with van der Waals surface area (Å²) in [5.74, 6) is -0.447. The van der Waals surface area contributed by atoms with Crippen LogP contribution in [0.2, 0.25) is 0 Å². The van der Waals surface area contributed by atoms with E-state index in [-0.39, 0.29) is 0 Å². The van der Waals surface area contributed by atoms with Crippen LogP contribution in [0.1, 0.15) is 20.8 Å². The zero-order chi connectivity index (χ0) is 8.91. The van der Waals surface area contributed by atoms with Crippen LogP contribution >= 0.6 is 0 Å². The number of esters is 1. The molecule has 0 aromatic heterocycles. The first-order chi connectivity index (χ1) is 4.95. The Morgan fingerprint density at radius 1 is 1.55 bits per heavy atom. The van der Waals surface area contributed by atoms with Gasteiger partial charge in [-0.1, -0.05) is 6.58 Å². The molecule has 0 aliphatic carbocycles. The molecule has 0 N–H and O–H groups in total. The Bertz CT molecular complexity index is 177. The van der Waals surface area contributed by atoms with Gasteiger partial charge in [-0.3, -0.25) is 4.99 Å². The third kappa shape index (κ3) is 6.77. The molecule has 0 saturated carbocycles. The topological polar surface area (TPSA) is 38.7 Å². The lowest BCUT2D eigenvalue weighted by Crippen LogP contribution is -2.24. The average molecular weight is 155 g/mol. The fraction of sp³-hybridized carbons (Fsp3) is 0.500. The van der Waals surface area contributed by atoms with Gasteiger partial charge in [0.2, 0.25) is 0 Å². The van der Waals surface area contributed by atoms with Gasteiger partial charge in [0, 0.05) is 6.20 Å². The van der Waals surface area contributed by atoms with Gasteiger partial charge in [-0.25, -0.2) is 4.79 Å². The minimum Gasteiger partial charge on any atom is -0.456 e. The summed E-state index contributed by atoms with van der Waals surface area (Å²) in [7, 11) is 0. The summed E-state index contributed by atoms with van der Waals surface area (Å²) >= 11 is 0. The van der Waals surface area contributed by atoms with Crippen molar-refractivity contribution >= 4 is 12.2 Å². The molecule has 0 atom stereocenters. The summed E-state index contributed by atoms with van der Waals surface area (Å²) in [6, 6.07) is 0. The van der Waals surface area contributed by atoms with Gasteiger partial charge in [0.15, 0.2) is 0 Å². The standard InChI is InChI=1S/C8H13NO2/c1-5-9-6-7(10)11-8(2,3)4/h5-6H,1H2,2-4H3. The highest BCUT2D eigenvalue weighted by molar-refractivity contribution is 6.23. The van der Waals surface area contributed by atoms with Crippen LogP contribution in [0.15, 0.2) is 17.8 Å². The van der Waals surface area contributed by atoms with Crippen molar-refractivity contribution < 1.29 is 9.53 Å². The molecule has 0 bridgehead atoms. The minimum absolute atomic E-state index is 0.447. The second-order valence-electron chi connectivity index (χ2n) is 2.99. The molecule has 3 nitrogen and oxygen atoms in total. The van der Waals surface area contributed by atoms with Crippen molar-refractivity contribution in [1.82, 2.24) is 0 Å². The number of ether oxygens (including phenoxy) is 1. The van der Waals surface area contributed by atoms with E-state index in [9.17, 15) is 4.79 Å². The number of nitrogens with zero attached hydrogens (tertiary/aromatic N) is 1. The summed E-state index contributed by atoms with van der Waals surface area (Å²) in [6.45, 7) is 8.72. The Morgan fingerprint density at radius 2 is 2.09 bits per heavy atom. The van der Waals surface area contributed by atoms with E-state index in [1.54, 1.807) is 20.8 Å². The maximum Gasteiger partial charge on any atom is 0.349 e. The normalized spacial score (nSPS) is 11.5. The maximum atomic E-state index is 10.8. The Hall–Kier alpha value is -1.12. The number of hydrogen-bond acceptors (Lipinski definition) is 3. The largest absolute Gasteiger partial charge is 0.456 e. The summed E-state index contributed by atoms with van der Waals surface area (Å²) in [6.07, 6.45) is 2.38. The SMILES string of the molecule is C=CN=CC(=O)OC(C)(C)C. The second-order valence-corrected chi connectivity index (χ2v) is 2.99. The molecule has 0 rings (SSSR count). The summed E-state index contributed by atoms with van der Waals surface area (Å²) in [5.41, 5.74) is -0.454. The van der Waals surface area contributed by atoms with Crippen molar-refractivity contribution in [2.24, 2.45) is 4.99 Å². The first-order valence-corrected chi connectivity index (χ1v) is 3.33. The molecule has 0 aromatic rings. The summed E-state index contributed by atoms with van der Waals surface area (Å²) in [5, 5.41) is 0. The monoisotopic (exact) mass is 155 g/mol. The number of aliphatic imine (C=N–C) groups is 1. The molecule has 0 fully saturated rings. The van der Waals surface area contributed by atoms with E-state index >= 15 is 0 Å². The molecule has 62 valence electrons. The highest BCUT2D eigenvalue weighted by Crippen LogP contribution is 2.05. The Morgan fingerprint density at radius 3 is 2.45 bits per heavy atom. The van der Waals surface area contributed by atoms with Crippen molar-refractivity contribution in [2.45, 2.75) is 26.4 Å². The quantitative estimate of drug-likeness (QED) is 0.448. The van der Waals surface area contributed by atoms with E-state index in [1.807, 2.05) is 0 Å².